The highest BCUT2D eigenvalue weighted by atomic mass is 16.2. The Hall–Kier alpha value is -2.77. The van der Waals surface area contributed by atoms with Gasteiger partial charge in [0, 0.05) is 38.0 Å². The van der Waals surface area contributed by atoms with Crippen LogP contribution in [0.5, 0.6) is 0 Å². The average molecular weight is 371 g/mol. The van der Waals surface area contributed by atoms with Crippen LogP contribution in [0.15, 0.2) is 29.1 Å². The number of benzene rings is 1. The van der Waals surface area contributed by atoms with Crippen molar-refractivity contribution in [3.8, 4) is 0 Å². The molecular formula is C19H25N5O3. The van der Waals surface area contributed by atoms with E-state index in [-0.39, 0.29) is 30.3 Å². The summed E-state index contributed by atoms with van der Waals surface area (Å²) in [5.41, 5.74) is -0.110. The third-order valence-corrected chi connectivity index (χ3v) is 4.73. The van der Waals surface area contributed by atoms with Crippen molar-refractivity contribution < 1.29 is 9.59 Å². The van der Waals surface area contributed by atoms with Gasteiger partial charge in [0.1, 0.15) is 5.52 Å². The second-order valence-electron chi connectivity index (χ2n) is 7.81. The third-order valence-electron chi connectivity index (χ3n) is 4.73. The summed E-state index contributed by atoms with van der Waals surface area (Å²) < 4.78 is 1.24. The van der Waals surface area contributed by atoms with Gasteiger partial charge in [0.15, 0.2) is 0 Å². The summed E-state index contributed by atoms with van der Waals surface area (Å²) in [5, 5.41) is 8.44. The van der Waals surface area contributed by atoms with E-state index in [1.54, 1.807) is 29.2 Å². The molecule has 0 N–H and O–H groups in total. The maximum Gasteiger partial charge on any atom is 0.277 e. The van der Waals surface area contributed by atoms with Crippen LogP contribution >= 0.6 is 0 Å². The SMILES string of the molecule is CC(C)(C)C(=O)N1CCN(C(=O)CCn2nnc3ccccc3c2=O)CC1. The Morgan fingerprint density at radius 2 is 1.67 bits per heavy atom. The Kier molecular flexibility index (Phi) is 5.25. The van der Waals surface area contributed by atoms with Crippen molar-refractivity contribution in [3.63, 3.8) is 0 Å². The number of hydrogen-bond acceptors (Lipinski definition) is 5. The van der Waals surface area contributed by atoms with Crippen LogP contribution in [-0.4, -0.2) is 62.8 Å². The molecular weight excluding hydrogens is 346 g/mol. The molecule has 0 spiro atoms. The van der Waals surface area contributed by atoms with E-state index >= 15 is 0 Å². The number of aromatic nitrogens is 3. The van der Waals surface area contributed by atoms with Gasteiger partial charge in [-0.1, -0.05) is 38.1 Å². The minimum Gasteiger partial charge on any atom is -0.339 e. The lowest BCUT2D eigenvalue weighted by molar-refractivity contribution is -0.145. The molecule has 1 aliphatic rings. The number of hydrogen-bond donors (Lipinski definition) is 0. The van der Waals surface area contributed by atoms with Gasteiger partial charge in [-0.15, -0.1) is 5.10 Å². The minimum absolute atomic E-state index is 0.0419. The van der Waals surface area contributed by atoms with E-state index in [1.807, 2.05) is 25.7 Å². The van der Waals surface area contributed by atoms with Gasteiger partial charge in [-0.05, 0) is 12.1 Å². The first-order chi connectivity index (χ1) is 12.8. The second kappa shape index (κ2) is 7.46. The summed E-state index contributed by atoms with van der Waals surface area (Å²) in [7, 11) is 0. The van der Waals surface area contributed by atoms with Crippen LogP contribution < -0.4 is 5.56 Å². The maximum absolute atomic E-state index is 12.5. The van der Waals surface area contributed by atoms with Crippen LogP contribution in [0.1, 0.15) is 27.2 Å². The van der Waals surface area contributed by atoms with Crippen LogP contribution in [0.25, 0.3) is 10.9 Å². The number of amides is 2. The lowest BCUT2D eigenvalue weighted by Gasteiger charge is -2.37. The predicted octanol–water partition coefficient (Wildman–Crippen LogP) is 0.898. The molecule has 8 heteroatoms. The summed E-state index contributed by atoms with van der Waals surface area (Å²) in [5.74, 6) is 0.0623. The first kappa shape index (κ1) is 19.0. The molecule has 144 valence electrons. The molecule has 8 nitrogen and oxygen atoms in total. The Morgan fingerprint density at radius 1 is 1.04 bits per heavy atom. The largest absolute Gasteiger partial charge is 0.339 e. The highest BCUT2D eigenvalue weighted by Gasteiger charge is 2.30. The standard InChI is InChI=1S/C19H25N5O3/c1-19(2,3)18(27)23-12-10-22(11-13-23)16(25)8-9-24-17(26)14-6-4-5-7-15(14)20-21-24/h4-7H,8-13H2,1-3H3. The molecule has 1 fully saturated rings. The molecule has 3 rings (SSSR count). The summed E-state index contributed by atoms with van der Waals surface area (Å²) in [6.07, 6.45) is 0.181. The summed E-state index contributed by atoms with van der Waals surface area (Å²) in [4.78, 5) is 40.8. The maximum atomic E-state index is 12.5. The first-order valence-electron chi connectivity index (χ1n) is 9.17. The van der Waals surface area contributed by atoms with Crippen molar-refractivity contribution in [1.82, 2.24) is 24.8 Å². The molecule has 1 aromatic carbocycles. The van der Waals surface area contributed by atoms with Crippen LogP contribution in [0.4, 0.5) is 0 Å². The van der Waals surface area contributed by atoms with Crippen molar-refractivity contribution in [2.45, 2.75) is 33.7 Å². The fraction of sp³-hybridized carbons (Fsp3) is 0.526. The van der Waals surface area contributed by atoms with E-state index in [0.29, 0.717) is 37.1 Å². The molecule has 0 aliphatic carbocycles. The van der Waals surface area contributed by atoms with Crippen molar-refractivity contribution in [2.24, 2.45) is 5.41 Å². The average Bonchev–Trinajstić information content (AvgIpc) is 2.66. The predicted molar refractivity (Wildman–Crippen MR) is 101 cm³/mol. The van der Waals surface area contributed by atoms with E-state index in [0.717, 1.165) is 0 Å². The summed E-state index contributed by atoms with van der Waals surface area (Å²) >= 11 is 0. The first-order valence-corrected chi connectivity index (χ1v) is 9.17. The molecule has 2 amide bonds. The molecule has 1 saturated heterocycles. The van der Waals surface area contributed by atoms with Gasteiger partial charge in [-0.25, -0.2) is 4.68 Å². The molecule has 0 atom stereocenters. The van der Waals surface area contributed by atoms with Gasteiger partial charge in [-0.3, -0.25) is 14.4 Å². The highest BCUT2D eigenvalue weighted by molar-refractivity contribution is 5.82. The van der Waals surface area contributed by atoms with E-state index in [1.165, 1.54) is 4.68 Å². The monoisotopic (exact) mass is 371 g/mol. The summed E-state index contributed by atoms with van der Waals surface area (Å²) in [6.45, 7) is 7.99. The van der Waals surface area contributed by atoms with Gasteiger partial charge in [-0.2, -0.15) is 0 Å². The number of fused-ring (bicyclic) bond motifs is 1. The van der Waals surface area contributed by atoms with E-state index in [4.69, 9.17) is 0 Å². The quantitative estimate of drug-likeness (QED) is 0.800. The van der Waals surface area contributed by atoms with Crippen LogP contribution in [0.3, 0.4) is 0 Å². The molecule has 0 unspecified atom stereocenters. The number of rotatable bonds is 3. The van der Waals surface area contributed by atoms with Crippen LogP contribution in [-0.2, 0) is 16.1 Å². The van der Waals surface area contributed by atoms with Gasteiger partial charge < -0.3 is 9.80 Å². The highest BCUT2D eigenvalue weighted by Crippen LogP contribution is 2.18. The van der Waals surface area contributed by atoms with Crippen LogP contribution in [0, 0.1) is 5.41 Å². The number of piperazine rings is 1. The Balaban J connectivity index is 1.57. The van der Waals surface area contributed by atoms with Crippen molar-refractivity contribution in [2.75, 3.05) is 26.2 Å². The Labute approximate surface area is 157 Å². The molecule has 0 radical (unpaired) electrons. The zero-order valence-corrected chi connectivity index (χ0v) is 16.0. The van der Waals surface area contributed by atoms with Crippen molar-refractivity contribution in [1.29, 1.82) is 0 Å². The number of aryl methyl sites for hydroxylation is 1. The lowest BCUT2D eigenvalue weighted by atomic mass is 9.94. The van der Waals surface area contributed by atoms with Crippen molar-refractivity contribution in [3.05, 3.63) is 34.6 Å². The molecule has 0 saturated carbocycles. The third kappa shape index (κ3) is 4.15. The molecule has 2 heterocycles. The zero-order chi connectivity index (χ0) is 19.6. The molecule has 0 bridgehead atoms. The van der Waals surface area contributed by atoms with Gasteiger partial charge in [0.05, 0.1) is 11.9 Å². The fourth-order valence-electron chi connectivity index (χ4n) is 3.16. The normalized spacial score (nSPS) is 15.2. The minimum atomic E-state index is -0.415. The van der Waals surface area contributed by atoms with E-state index in [2.05, 4.69) is 10.3 Å². The van der Waals surface area contributed by atoms with Crippen molar-refractivity contribution >= 4 is 22.7 Å². The molecule has 1 aliphatic heterocycles. The van der Waals surface area contributed by atoms with Gasteiger partial charge in [0.25, 0.3) is 5.56 Å². The second-order valence-corrected chi connectivity index (χ2v) is 7.81. The number of nitrogens with zero attached hydrogens (tertiary/aromatic N) is 5. The Morgan fingerprint density at radius 3 is 2.33 bits per heavy atom. The number of carbonyl (C=O) groups is 2. The summed E-state index contributed by atoms with van der Waals surface area (Å²) in [6, 6.07) is 7.02. The Bertz CT molecular complexity index is 907. The topological polar surface area (TPSA) is 88.4 Å². The van der Waals surface area contributed by atoms with Gasteiger partial charge >= 0.3 is 0 Å². The lowest BCUT2D eigenvalue weighted by Crippen LogP contribution is -2.53. The number of carbonyl (C=O) groups excluding carboxylic acids is 2. The molecule has 1 aromatic heterocycles. The molecule has 27 heavy (non-hydrogen) atoms. The smallest absolute Gasteiger partial charge is 0.277 e. The zero-order valence-electron chi connectivity index (χ0n) is 16.0. The van der Waals surface area contributed by atoms with E-state index < -0.39 is 5.41 Å². The fourth-order valence-corrected chi connectivity index (χ4v) is 3.16. The van der Waals surface area contributed by atoms with Gasteiger partial charge in [0.2, 0.25) is 11.8 Å². The van der Waals surface area contributed by atoms with E-state index in [9.17, 15) is 14.4 Å². The molecule has 2 aromatic rings. The van der Waals surface area contributed by atoms with Crippen LogP contribution in [0.2, 0.25) is 0 Å².